The van der Waals surface area contributed by atoms with Crippen molar-refractivity contribution in [3.63, 3.8) is 0 Å². The minimum Gasteiger partial charge on any atom is -0.350 e. The summed E-state index contributed by atoms with van der Waals surface area (Å²) in [5, 5.41) is 4.44. The van der Waals surface area contributed by atoms with Crippen molar-refractivity contribution >= 4 is 35.0 Å². The number of carbonyl (C=O) groups excluding carboxylic acids is 1. The number of halogens is 1. The van der Waals surface area contributed by atoms with Gasteiger partial charge in [-0.15, -0.1) is 19.0 Å². The fourth-order valence-corrected chi connectivity index (χ4v) is 5.04. The number of amides is 1. The molecule has 174 valence electrons. The van der Waals surface area contributed by atoms with Crippen LogP contribution in [-0.2, 0) is 19.5 Å². The highest BCUT2D eigenvalue weighted by molar-refractivity contribution is 6.01. The van der Waals surface area contributed by atoms with Crippen LogP contribution in [0, 0.1) is 13.8 Å². The molecule has 0 aliphatic carbocycles. The number of nitrogens with one attached hydrogen (secondary N) is 1. The first-order valence-corrected chi connectivity index (χ1v) is 11.5. The summed E-state index contributed by atoms with van der Waals surface area (Å²) in [6.45, 7) is 13.8. The summed E-state index contributed by atoms with van der Waals surface area (Å²) in [6.07, 6.45) is 2.91. The van der Waals surface area contributed by atoms with E-state index in [1.165, 1.54) is 22.4 Å². The maximum Gasteiger partial charge on any atom is 0.272 e. The van der Waals surface area contributed by atoms with Crippen molar-refractivity contribution in [2.45, 2.75) is 33.4 Å². The lowest BCUT2D eigenvalue weighted by Gasteiger charge is -2.31. The van der Waals surface area contributed by atoms with Crippen LogP contribution in [0.4, 0.5) is 5.82 Å². The molecule has 2 aliphatic heterocycles. The van der Waals surface area contributed by atoms with Crippen LogP contribution in [0.3, 0.4) is 0 Å². The lowest BCUT2D eigenvalue weighted by atomic mass is 10.00. The zero-order valence-electron chi connectivity index (χ0n) is 19.4. The first-order chi connectivity index (χ1) is 15.6. The van der Waals surface area contributed by atoms with Crippen LogP contribution >= 0.6 is 12.4 Å². The van der Waals surface area contributed by atoms with Crippen molar-refractivity contribution in [2.75, 3.05) is 37.6 Å². The zero-order valence-corrected chi connectivity index (χ0v) is 20.2. The van der Waals surface area contributed by atoms with Crippen molar-refractivity contribution in [3.05, 3.63) is 71.1 Å². The number of aryl methyl sites for hydroxylation is 1. The average Bonchev–Trinajstić information content (AvgIpc) is 3.08. The van der Waals surface area contributed by atoms with E-state index in [0.29, 0.717) is 5.69 Å². The van der Waals surface area contributed by atoms with Crippen molar-refractivity contribution in [1.82, 2.24) is 19.8 Å². The van der Waals surface area contributed by atoms with Gasteiger partial charge in [0.05, 0.1) is 5.52 Å². The molecule has 7 heteroatoms. The molecule has 2 aliphatic rings. The summed E-state index contributed by atoms with van der Waals surface area (Å²) in [5.41, 5.74) is 6.80. The second-order valence-corrected chi connectivity index (χ2v) is 8.82. The third-order valence-corrected chi connectivity index (χ3v) is 6.96. The molecule has 33 heavy (non-hydrogen) atoms. The van der Waals surface area contributed by atoms with Gasteiger partial charge in [-0.05, 0) is 43.0 Å². The van der Waals surface area contributed by atoms with Gasteiger partial charge in [0, 0.05) is 56.9 Å². The van der Waals surface area contributed by atoms with E-state index in [4.69, 9.17) is 4.98 Å². The molecule has 4 heterocycles. The smallest absolute Gasteiger partial charge is 0.272 e. The fraction of sp³-hybridized carbons (Fsp3) is 0.385. The van der Waals surface area contributed by atoms with Crippen LogP contribution in [-0.4, -0.2) is 53.1 Å². The van der Waals surface area contributed by atoms with Gasteiger partial charge in [0.25, 0.3) is 5.91 Å². The molecule has 0 radical (unpaired) electrons. The molecule has 0 unspecified atom stereocenters. The molecule has 0 saturated carbocycles. The number of pyridine rings is 1. The van der Waals surface area contributed by atoms with Crippen molar-refractivity contribution in [1.29, 1.82) is 0 Å². The molecule has 1 N–H and O–H groups in total. The number of carbonyl (C=O) groups is 1. The number of benzene rings is 1. The van der Waals surface area contributed by atoms with E-state index in [1.807, 2.05) is 17.0 Å². The van der Waals surface area contributed by atoms with E-state index >= 15 is 0 Å². The van der Waals surface area contributed by atoms with E-state index < -0.39 is 0 Å². The van der Waals surface area contributed by atoms with Gasteiger partial charge in [-0.1, -0.05) is 30.3 Å². The number of hydrogen-bond acceptors (Lipinski definition) is 4. The standard InChI is InChI=1S/C26H31N5O.ClH/c1-4-12-31-19(3)18(2)22-16-23(26(32)29-14-10-27-11-15-29)28-25(24(22)31)30-13-9-20-7-5-6-8-21(20)17-30;/h4-8,16,27H,1,9-15,17H2,2-3H3;1H. The van der Waals surface area contributed by atoms with Gasteiger partial charge in [-0.3, -0.25) is 4.79 Å². The molecule has 0 atom stereocenters. The van der Waals surface area contributed by atoms with Crippen LogP contribution in [0.1, 0.15) is 32.9 Å². The first-order valence-electron chi connectivity index (χ1n) is 11.5. The van der Waals surface area contributed by atoms with Gasteiger partial charge in [-0.2, -0.15) is 0 Å². The van der Waals surface area contributed by atoms with E-state index in [2.05, 4.69) is 59.5 Å². The largest absolute Gasteiger partial charge is 0.350 e. The Bertz CT molecular complexity index is 1200. The molecule has 0 spiro atoms. The molecule has 1 amide bonds. The quantitative estimate of drug-likeness (QED) is 0.594. The molecule has 1 aromatic carbocycles. The highest BCUT2D eigenvalue weighted by atomic mass is 35.5. The molecule has 0 bridgehead atoms. The highest BCUT2D eigenvalue weighted by Gasteiger charge is 2.27. The van der Waals surface area contributed by atoms with Crippen LogP contribution in [0.2, 0.25) is 0 Å². The topological polar surface area (TPSA) is 53.4 Å². The third kappa shape index (κ3) is 4.13. The molecular formula is C26H32ClN5O. The Hall–Kier alpha value is -2.83. The summed E-state index contributed by atoms with van der Waals surface area (Å²) < 4.78 is 2.29. The fourth-order valence-electron chi connectivity index (χ4n) is 5.04. The summed E-state index contributed by atoms with van der Waals surface area (Å²) >= 11 is 0. The monoisotopic (exact) mass is 465 g/mol. The Morgan fingerprint density at radius 2 is 1.88 bits per heavy atom. The Morgan fingerprint density at radius 1 is 1.15 bits per heavy atom. The predicted octanol–water partition coefficient (Wildman–Crippen LogP) is 3.87. The lowest BCUT2D eigenvalue weighted by molar-refractivity contribution is 0.0730. The van der Waals surface area contributed by atoms with Crippen LogP contribution in [0.25, 0.3) is 10.9 Å². The minimum absolute atomic E-state index is 0. The summed E-state index contributed by atoms with van der Waals surface area (Å²) in [7, 11) is 0. The molecular weight excluding hydrogens is 434 g/mol. The van der Waals surface area contributed by atoms with Gasteiger partial charge >= 0.3 is 0 Å². The second-order valence-electron chi connectivity index (χ2n) is 8.82. The lowest BCUT2D eigenvalue weighted by Crippen LogP contribution is -2.46. The number of rotatable bonds is 4. The number of aromatic nitrogens is 2. The maximum absolute atomic E-state index is 13.4. The Balaban J connectivity index is 0.00000259. The number of piperazine rings is 1. The second kappa shape index (κ2) is 9.57. The van der Waals surface area contributed by atoms with E-state index in [-0.39, 0.29) is 18.3 Å². The van der Waals surface area contributed by atoms with Gasteiger partial charge in [0.2, 0.25) is 0 Å². The normalized spacial score (nSPS) is 15.8. The number of allylic oxidation sites excluding steroid dienone is 1. The van der Waals surface area contributed by atoms with Crippen LogP contribution in [0.5, 0.6) is 0 Å². The average molecular weight is 466 g/mol. The Morgan fingerprint density at radius 3 is 2.61 bits per heavy atom. The van der Waals surface area contributed by atoms with Crippen molar-refractivity contribution in [2.24, 2.45) is 0 Å². The highest BCUT2D eigenvalue weighted by Crippen LogP contribution is 2.35. The summed E-state index contributed by atoms with van der Waals surface area (Å²) in [4.78, 5) is 22.7. The SMILES string of the molecule is C=CCn1c(C)c(C)c2cc(C(=O)N3CCNCC3)nc(N3CCc4ccccc4C3)c21.Cl. The van der Waals surface area contributed by atoms with E-state index in [9.17, 15) is 4.79 Å². The van der Waals surface area contributed by atoms with Gasteiger partial charge in [0.15, 0.2) is 5.82 Å². The number of nitrogens with zero attached hydrogens (tertiary/aromatic N) is 4. The van der Waals surface area contributed by atoms with Gasteiger partial charge < -0.3 is 19.7 Å². The van der Waals surface area contributed by atoms with E-state index in [0.717, 1.165) is 69.0 Å². The first kappa shape index (κ1) is 23.3. The Labute approximate surface area is 201 Å². The molecule has 5 rings (SSSR count). The number of hydrogen-bond donors (Lipinski definition) is 1. The maximum atomic E-state index is 13.4. The van der Waals surface area contributed by atoms with E-state index in [1.54, 1.807) is 0 Å². The van der Waals surface area contributed by atoms with Crippen LogP contribution in [0.15, 0.2) is 43.0 Å². The predicted molar refractivity (Wildman–Crippen MR) is 137 cm³/mol. The minimum atomic E-state index is 0. The molecule has 3 aromatic rings. The van der Waals surface area contributed by atoms with Gasteiger partial charge in [0.1, 0.15) is 5.69 Å². The van der Waals surface area contributed by atoms with Gasteiger partial charge in [-0.25, -0.2) is 4.98 Å². The molecule has 1 saturated heterocycles. The number of anilines is 1. The van der Waals surface area contributed by atoms with Crippen molar-refractivity contribution < 1.29 is 4.79 Å². The summed E-state index contributed by atoms with van der Waals surface area (Å²) in [6, 6.07) is 10.6. The van der Waals surface area contributed by atoms with Crippen LogP contribution < -0.4 is 10.2 Å². The van der Waals surface area contributed by atoms with Crippen molar-refractivity contribution in [3.8, 4) is 0 Å². The third-order valence-electron chi connectivity index (χ3n) is 6.96. The molecule has 1 fully saturated rings. The molecule has 2 aromatic heterocycles. The summed E-state index contributed by atoms with van der Waals surface area (Å²) in [5.74, 6) is 0.939. The molecule has 6 nitrogen and oxygen atoms in total. The Kier molecular flexibility index (Phi) is 6.77. The zero-order chi connectivity index (χ0) is 22.2. The number of fused-ring (bicyclic) bond motifs is 2.